The van der Waals surface area contributed by atoms with Crippen LogP contribution in [0.1, 0.15) is 19.8 Å². The number of carbonyl (C=O) groups is 2. The van der Waals surface area contributed by atoms with E-state index in [2.05, 4.69) is 10.4 Å². The van der Waals surface area contributed by atoms with E-state index in [4.69, 9.17) is 4.74 Å². The van der Waals surface area contributed by atoms with Gasteiger partial charge in [0.05, 0.1) is 18.2 Å². The highest BCUT2D eigenvalue weighted by atomic mass is 16.5. The Bertz CT molecular complexity index is 754. The summed E-state index contributed by atoms with van der Waals surface area (Å²) in [6.45, 7) is 2.29. The smallest absolute Gasteiger partial charge is 0.305 e. The van der Waals surface area contributed by atoms with Gasteiger partial charge in [0.15, 0.2) is 0 Å². The number of benzene rings is 1. The van der Waals surface area contributed by atoms with Gasteiger partial charge in [0, 0.05) is 18.4 Å². The van der Waals surface area contributed by atoms with Crippen LogP contribution in [0.25, 0.3) is 10.8 Å². The van der Waals surface area contributed by atoms with Gasteiger partial charge >= 0.3 is 5.97 Å². The Labute approximate surface area is 133 Å². The minimum absolute atomic E-state index is 0.150. The zero-order valence-electron chi connectivity index (χ0n) is 12.9. The number of ether oxygens (including phenoxy) is 1. The van der Waals surface area contributed by atoms with E-state index in [0.717, 1.165) is 10.1 Å². The molecule has 1 aromatic carbocycles. The molecule has 2 aromatic rings. The Morgan fingerprint density at radius 1 is 1.30 bits per heavy atom. The van der Waals surface area contributed by atoms with Crippen LogP contribution in [-0.2, 0) is 20.9 Å². The first-order valence-corrected chi connectivity index (χ1v) is 7.49. The van der Waals surface area contributed by atoms with Crippen molar-refractivity contribution < 1.29 is 14.3 Å². The maximum atomic E-state index is 12.2. The van der Waals surface area contributed by atoms with E-state index in [1.807, 2.05) is 6.07 Å². The normalized spacial score (nSPS) is 10.5. The molecule has 0 radical (unpaired) electrons. The van der Waals surface area contributed by atoms with Crippen LogP contribution in [0.4, 0.5) is 0 Å². The Kier molecular flexibility index (Phi) is 5.85. The Morgan fingerprint density at radius 2 is 2.09 bits per heavy atom. The first-order chi connectivity index (χ1) is 11.1. The van der Waals surface area contributed by atoms with Crippen molar-refractivity contribution in [2.75, 3.05) is 13.2 Å². The van der Waals surface area contributed by atoms with E-state index < -0.39 is 0 Å². The third kappa shape index (κ3) is 4.64. The molecule has 0 aliphatic rings. The van der Waals surface area contributed by atoms with Crippen molar-refractivity contribution in [1.29, 1.82) is 0 Å². The van der Waals surface area contributed by atoms with Crippen molar-refractivity contribution >= 4 is 22.6 Å². The zero-order chi connectivity index (χ0) is 16.7. The summed E-state index contributed by atoms with van der Waals surface area (Å²) in [5.41, 5.74) is -0.301. The molecule has 0 saturated carbocycles. The summed E-state index contributed by atoms with van der Waals surface area (Å²) in [7, 11) is 0. The summed E-state index contributed by atoms with van der Waals surface area (Å²) in [4.78, 5) is 35.2. The van der Waals surface area contributed by atoms with Crippen LogP contribution < -0.4 is 10.9 Å². The first kappa shape index (κ1) is 16.7. The fourth-order valence-electron chi connectivity index (χ4n) is 2.13. The van der Waals surface area contributed by atoms with Gasteiger partial charge in [-0.2, -0.15) is 5.10 Å². The second-order valence-electron chi connectivity index (χ2n) is 4.95. The molecule has 0 aliphatic carbocycles. The Balaban J connectivity index is 1.87. The van der Waals surface area contributed by atoms with Crippen LogP contribution in [0.5, 0.6) is 0 Å². The molecule has 0 bridgehead atoms. The lowest BCUT2D eigenvalue weighted by Crippen LogP contribution is -2.34. The SMILES string of the molecule is CCOC(=O)CCCNC(=O)Cn1ncc2ccccc2c1=O. The molecular formula is C16H19N3O4. The molecule has 0 spiro atoms. The fraction of sp³-hybridized carbons (Fsp3) is 0.375. The molecule has 0 saturated heterocycles. The van der Waals surface area contributed by atoms with Crippen molar-refractivity contribution in [3.63, 3.8) is 0 Å². The van der Waals surface area contributed by atoms with Crippen molar-refractivity contribution in [2.24, 2.45) is 0 Å². The summed E-state index contributed by atoms with van der Waals surface area (Å²) in [5.74, 6) is -0.604. The summed E-state index contributed by atoms with van der Waals surface area (Å²) < 4.78 is 5.92. The second kappa shape index (κ2) is 8.07. The summed E-state index contributed by atoms with van der Waals surface area (Å²) in [5, 5.41) is 7.92. The maximum Gasteiger partial charge on any atom is 0.305 e. The number of carbonyl (C=O) groups excluding carboxylic acids is 2. The van der Waals surface area contributed by atoms with Crippen LogP contribution in [0.15, 0.2) is 35.3 Å². The van der Waals surface area contributed by atoms with Gasteiger partial charge in [-0.15, -0.1) is 0 Å². The monoisotopic (exact) mass is 317 g/mol. The van der Waals surface area contributed by atoms with Gasteiger partial charge in [-0.25, -0.2) is 4.68 Å². The minimum atomic E-state index is -0.321. The summed E-state index contributed by atoms with van der Waals surface area (Å²) in [6.07, 6.45) is 2.30. The number of nitrogens with one attached hydrogen (secondary N) is 1. The number of hydrogen-bond donors (Lipinski definition) is 1. The van der Waals surface area contributed by atoms with Crippen LogP contribution in [0.2, 0.25) is 0 Å². The summed E-state index contributed by atoms with van der Waals surface area (Å²) >= 11 is 0. The van der Waals surface area contributed by atoms with Crippen LogP contribution in [-0.4, -0.2) is 34.8 Å². The molecule has 0 aliphatic heterocycles. The fourth-order valence-corrected chi connectivity index (χ4v) is 2.13. The number of esters is 1. The largest absolute Gasteiger partial charge is 0.466 e. The Morgan fingerprint density at radius 3 is 2.87 bits per heavy atom. The quantitative estimate of drug-likeness (QED) is 0.604. The predicted octanol–water partition coefficient (Wildman–Crippen LogP) is 0.856. The third-order valence-electron chi connectivity index (χ3n) is 3.24. The van der Waals surface area contributed by atoms with Crippen molar-refractivity contribution in [2.45, 2.75) is 26.3 Å². The molecule has 1 aromatic heterocycles. The maximum absolute atomic E-state index is 12.2. The van der Waals surface area contributed by atoms with Crippen molar-refractivity contribution in [3.05, 3.63) is 40.8 Å². The van der Waals surface area contributed by atoms with Gasteiger partial charge in [-0.1, -0.05) is 18.2 Å². The number of aromatic nitrogens is 2. The van der Waals surface area contributed by atoms with E-state index >= 15 is 0 Å². The van der Waals surface area contributed by atoms with Crippen molar-refractivity contribution in [3.8, 4) is 0 Å². The molecule has 1 amide bonds. The lowest BCUT2D eigenvalue weighted by molar-refractivity contribution is -0.143. The molecule has 1 N–H and O–H groups in total. The number of amides is 1. The lowest BCUT2D eigenvalue weighted by atomic mass is 10.2. The van der Waals surface area contributed by atoms with E-state index in [1.165, 1.54) is 0 Å². The predicted molar refractivity (Wildman–Crippen MR) is 84.9 cm³/mol. The number of hydrogen-bond acceptors (Lipinski definition) is 5. The first-order valence-electron chi connectivity index (χ1n) is 7.49. The average molecular weight is 317 g/mol. The molecule has 1 heterocycles. The highest BCUT2D eigenvalue weighted by Gasteiger charge is 2.08. The minimum Gasteiger partial charge on any atom is -0.466 e. The molecule has 2 rings (SSSR count). The van der Waals surface area contributed by atoms with E-state index in [9.17, 15) is 14.4 Å². The number of nitrogens with zero attached hydrogens (tertiary/aromatic N) is 2. The van der Waals surface area contributed by atoms with E-state index in [1.54, 1.807) is 31.3 Å². The highest BCUT2D eigenvalue weighted by Crippen LogP contribution is 2.06. The average Bonchev–Trinajstić information content (AvgIpc) is 2.55. The summed E-state index contributed by atoms with van der Waals surface area (Å²) in [6, 6.07) is 7.09. The number of rotatable bonds is 7. The lowest BCUT2D eigenvalue weighted by Gasteiger charge is -2.07. The molecule has 0 unspecified atom stereocenters. The van der Waals surface area contributed by atoms with Crippen molar-refractivity contribution in [1.82, 2.24) is 15.1 Å². The number of fused-ring (bicyclic) bond motifs is 1. The van der Waals surface area contributed by atoms with Gasteiger partial charge in [-0.05, 0) is 19.4 Å². The Hall–Kier alpha value is -2.70. The standard InChI is InChI=1S/C16H19N3O4/c1-2-23-15(21)8-5-9-17-14(20)11-19-16(22)13-7-4-3-6-12(13)10-18-19/h3-4,6-7,10H,2,5,8-9,11H2,1H3,(H,17,20). The molecule has 0 fully saturated rings. The topological polar surface area (TPSA) is 90.3 Å². The van der Waals surface area contributed by atoms with Gasteiger partial charge in [0.25, 0.3) is 5.56 Å². The van der Waals surface area contributed by atoms with Crippen LogP contribution in [0.3, 0.4) is 0 Å². The molecule has 7 nitrogen and oxygen atoms in total. The van der Waals surface area contributed by atoms with Crippen LogP contribution >= 0.6 is 0 Å². The van der Waals surface area contributed by atoms with E-state index in [-0.39, 0.29) is 30.4 Å². The zero-order valence-corrected chi connectivity index (χ0v) is 12.9. The van der Waals surface area contributed by atoms with E-state index in [0.29, 0.717) is 25.0 Å². The molecule has 0 atom stereocenters. The van der Waals surface area contributed by atoms with Gasteiger partial charge in [-0.3, -0.25) is 14.4 Å². The molecule has 23 heavy (non-hydrogen) atoms. The molecule has 7 heteroatoms. The van der Waals surface area contributed by atoms with Gasteiger partial charge < -0.3 is 10.1 Å². The van der Waals surface area contributed by atoms with Gasteiger partial charge in [0.2, 0.25) is 5.91 Å². The molecule has 122 valence electrons. The third-order valence-corrected chi connectivity index (χ3v) is 3.24. The molecular weight excluding hydrogens is 298 g/mol. The van der Waals surface area contributed by atoms with Crippen LogP contribution in [0, 0.1) is 0 Å². The second-order valence-corrected chi connectivity index (χ2v) is 4.95. The van der Waals surface area contributed by atoms with Gasteiger partial charge in [0.1, 0.15) is 6.54 Å². The highest BCUT2D eigenvalue weighted by molar-refractivity contribution is 5.81.